The van der Waals surface area contributed by atoms with Crippen LogP contribution in [0.4, 0.5) is 5.69 Å². The van der Waals surface area contributed by atoms with Crippen molar-refractivity contribution in [2.24, 2.45) is 0 Å². The number of carbonyl (C=O) groups excluding carboxylic acids is 1. The first-order chi connectivity index (χ1) is 13.3. The van der Waals surface area contributed by atoms with Gasteiger partial charge in [-0.05, 0) is 36.4 Å². The SMILES string of the molecule is O=C(O)c1cccc(NC(=O)c2cc(S(=O)(=O)N3CCOCC3)ccc2O)c1. The highest BCUT2D eigenvalue weighted by Gasteiger charge is 2.27. The highest BCUT2D eigenvalue weighted by molar-refractivity contribution is 7.89. The third-order valence-corrected chi connectivity index (χ3v) is 6.08. The Morgan fingerprint density at radius 2 is 1.79 bits per heavy atom. The van der Waals surface area contributed by atoms with E-state index in [1.807, 2.05) is 0 Å². The number of sulfonamides is 1. The number of carbonyl (C=O) groups is 2. The highest BCUT2D eigenvalue weighted by Crippen LogP contribution is 2.25. The van der Waals surface area contributed by atoms with Crippen molar-refractivity contribution in [2.75, 3.05) is 31.6 Å². The van der Waals surface area contributed by atoms with E-state index in [0.717, 1.165) is 12.1 Å². The number of phenolic OH excluding ortho intramolecular Hbond substituents is 1. The number of benzene rings is 2. The van der Waals surface area contributed by atoms with Crippen LogP contribution >= 0.6 is 0 Å². The number of nitrogens with one attached hydrogen (secondary N) is 1. The molecule has 2 aromatic rings. The first kappa shape index (κ1) is 19.8. The topological polar surface area (TPSA) is 133 Å². The van der Waals surface area contributed by atoms with E-state index in [4.69, 9.17) is 9.84 Å². The zero-order valence-electron chi connectivity index (χ0n) is 14.7. The summed E-state index contributed by atoms with van der Waals surface area (Å²) in [7, 11) is -3.84. The van der Waals surface area contributed by atoms with Crippen LogP contribution in [0.15, 0.2) is 47.4 Å². The van der Waals surface area contributed by atoms with Gasteiger partial charge in [-0.2, -0.15) is 4.31 Å². The Morgan fingerprint density at radius 3 is 2.46 bits per heavy atom. The molecule has 1 aliphatic rings. The number of amides is 1. The second-order valence-corrected chi connectivity index (χ2v) is 7.97. The Balaban J connectivity index is 1.88. The van der Waals surface area contributed by atoms with Gasteiger partial charge in [0.15, 0.2) is 0 Å². The molecule has 1 fully saturated rings. The fourth-order valence-electron chi connectivity index (χ4n) is 2.72. The zero-order valence-corrected chi connectivity index (χ0v) is 15.5. The first-order valence-corrected chi connectivity index (χ1v) is 9.78. The van der Waals surface area contributed by atoms with Crippen molar-refractivity contribution in [1.29, 1.82) is 0 Å². The normalized spacial score (nSPS) is 15.1. The monoisotopic (exact) mass is 406 g/mol. The number of ether oxygens (including phenoxy) is 1. The molecule has 0 spiro atoms. The minimum absolute atomic E-state index is 0.0225. The van der Waals surface area contributed by atoms with Crippen LogP contribution in [0.3, 0.4) is 0 Å². The maximum absolute atomic E-state index is 12.7. The van der Waals surface area contributed by atoms with E-state index in [1.165, 1.54) is 34.6 Å². The number of rotatable bonds is 5. The molecule has 0 aliphatic carbocycles. The number of morpholine rings is 1. The number of carboxylic acids is 1. The maximum atomic E-state index is 12.7. The van der Waals surface area contributed by atoms with Crippen LogP contribution in [-0.2, 0) is 14.8 Å². The number of carboxylic acid groups (broad SMARTS) is 1. The maximum Gasteiger partial charge on any atom is 0.335 e. The predicted molar refractivity (Wildman–Crippen MR) is 99.0 cm³/mol. The van der Waals surface area contributed by atoms with Crippen molar-refractivity contribution in [3.05, 3.63) is 53.6 Å². The Labute approximate surface area is 161 Å². The summed E-state index contributed by atoms with van der Waals surface area (Å²) in [5.41, 5.74) is -0.0635. The molecule has 0 bridgehead atoms. The van der Waals surface area contributed by atoms with Crippen molar-refractivity contribution >= 4 is 27.6 Å². The number of aromatic hydroxyl groups is 1. The van der Waals surface area contributed by atoms with Gasteiger partial charge in [0, 0.05) is 18.8 Å². The van der Waals surface area contributed by atoms with Crippen molar-refractivity contribution in [1.82, 2.24) is 4.31 Å². The second kappa shape index (κ2) is 7.97. The van der Waals surface area contributed by atoms with Crippen molar-refractivity contribution in [3.63, 3.8) is 0 Å². The van der Waals surface area contributed by atoms with Crippen LogP contribution in [0.2, 0.25) is 0 Å². The van der Waals surface area contributed by atoms with Gasteiger partial charge in [0.1, 0.15) is 5.75 Å². The summed E-state index contributed by atoms with van der Waals surface area (Å²) in [5.74, 6) is -2.32. The van der Waals surface area contributed by atoms with Crippen LogP contribution in [0.25, 0.3) is 0 Å². The molecule has 10 heteroatoms. The summed E-state index contributed by atoms with van der Waals surface area (Å²) in [6, 6.07) is 9.01. The molecule has 0 atom stereocenters. The quantitative estimate of drug-likeness (QED) is 0.683. The standard InChI is InChI=1S/C18H18N2O7S/c21-16-5-4-14(28(25,26)20-6-8-27-9-7-20)11-15(16)17(22)19-13-3-1-2-12(10-13)18(23)24/h1-5,10-11,21H,6-9H2,(H,19,22)(H,23,24). The van der Waals surface area contributed by atoms with Crippen LogP contribution < -0.4 is 5.32 Å². The third kappa shape index (κ3) is 4.14. The average molecular weight is 406 g/mol. The molecule has 0 saturated carbocycles. The van der Waals surface area contributed by atoms with E-state index in [2.05, 4.69) is 5.32 Å². The van der Waals surface area contributed by atoms with Gasteiger partial charge in [0.05, 0.1) is 29.2 Å². The van der Waals surface area contributed by atoms with Crippen LogP contribution in [-0.4, -0.2) is 61.1 Å². The van der Waals surface area contributed by atoms with Gasteiger partial charge in [-0.25, -0.2) is 13.2 Å². The Hall–Kier alpha value is -2.95. The summed E-state index contributed by atoms with van der Waals surface area (Å²) >= 11 is 0. The lowest BCUT2D eigenvalue weighted by molar-refractivity contribution is 0.0696. The Bertz CT molecular complexity index is 1010. The first-order valence-electron chi connectivity index (χ1n) is 8.34. The molecule has 0 radical (unpaired) electrons. The molecule has 1 amide bonds. The molecule has 9 nitrogen and oxygen atoms in total. The smallest absolute Gasteiger partial charge is 0.335 e. The largest absolute Gasteiger partial charge is 0.507 e. The lowest BCUT2D eigenvalue weighted by Crippen LogP contribution is -2.40. The fourth-order valence-corrected chi connectivity index (χ4v) is 4.16. The van der Waals surface area contributed by atoms with Crippen molar-refractivity contribution in [2.45, 2.75) is 4.90 Å². The second-order valence-electron chi connectivity index (χ2n) is 6.04. The summed E-state index contributed by atoms with van der Waals surface area (Å²) in [4.78, 5) is 23.4. The fraction of sp³-hybridized carbons (Fsp3) is 0.222. The molecule has 3 rings (SSSR count). The molecule has 1 heterocycles. The number of aromatic carboxylic acids is 1. The van der Waals surface area contributed by atoms with Gasteiger partial charge < -0.3 is 20.3 Å². The minimum atomic E-state index is -3.84. The van der Waals surface area contributed by atoms with Crippen LogP contribution in [0.5, 0.6) is 5.75 Å². The van der Waals surface area contributed by atoms with E-state index < -0.39 is 27.6 Å². The zero-order chi connectivity index (χ0) is 20.3. The number of anilines is 1. The van der Waals surface area contributed by atoms with Crippen LogP contribution in [0.1, 0.15) is 20.7 Å². The highest BCUT2D eigenvalue weighted by atomic mass is 32.2. The summed E-state index contributed by atoms with van der Waals surface area (Å²) in [6.45, 7) is 0.967. The number of nitrogens with zero attached hydrogens (tertiary/aromatic N) is 1. The molecule has 3 N–H and O–H groups in total. The molecule has 0 aromatic heterocycles. The third-order valence-electron chi connectivity index (χ3n) is 4.19. The molecular weight excluding hydrogens is 388 g/mol. The van der Waals surface area contributed by atoms with Gasteiger partial charge in [-0.1, -0.05) is 6.07 Å². The molecule has 2 aromatic carbocycles. The van der Waals surface area contributed by atoms with E-state index in [9.17, 15) is 23.1 Å². The lowest BCUT2D eigenvalue weighted by atomic mass is 10.1. The van der Waals surface area contributed by atoms with Crippen LogP contribution in [0, 0.1) is 0 Å². The minimum Gasteiger partial charge on any atom is -0.507 e. The van der Waals surface area contributed by atoms with E-state index in [1.54, 1.807) is 0 Å². The van der Waals surface area contributed by atoms with Crippen molar-refractivity contribution < 1.29 is 33.0 Å². The van der Waals surface area contributed by atoms with Crippen molar-refractivity contribution in [3.8, 4) is 5.75 Å². The van der Waals surface area contributed by atoms with Gasteiger partial charge >= 0.3 is 5.97 Å². The van der Waals surface area contributed by atoms with Gasteiger partial charge in [-0.3, -0.25) is 4.79 Å². The Morgan fingerprint density at radius 1 is 1.07 bits per heavy atom. The van der Waals surface area contributed by atoms with Gasteiger partial charge in [-0.15, -0.1) is 0 Å². The van der Waals surface area contributed by atoms with Gasteiger partial charge in [0.25, 0.3) is 5.91 Å². The predicted octanol–water partition coefficient (Wildman–Crippen LogP) is 1.36. The molecule has 148 valence electrons. The summed E-state index contributed by atoms with van der Waals surface area (Å²) in [6.07, 6.45) is 0. The Kier molecular flexibility index (Phi) is 5.63. The number of hydrogen-bond donors (Lipinski definition) is 3. The molecule has 0 unspecified atom stereocenters. The molecule has 1 saturated heterocycles. The average Bonchev–Trinajstić information content (AvgIpc) is 2.69. The number of phenols is 1. The molecule has 1 aliphatic heterocycles. The summed E-state index contributed by atoms with van der Waals surface area (Å²) < 4.78 is 31.9. The lowest BCUT2D eigenvalue weighted by Gasteiger charge is -2.26. The molecular formula is C18H18N2O7S. The summed E-state index contributed by atoms with van der Waals surface area (Å²) in [5, 5.41) is 21.5. The van der Waals surface area contributed by atoms with Gasteiger partial charge in [0.2, 0.25) is 10.0 Å². The van der Waals surface area contributed by atoms with E-state index in [-0.39, 0.29) is 48.0 Å². The van der Waals surface area contributed by atoms with E-state index in [0.29, 0.717) is 0 Å². The number of hydrogen-bond acceptors (Lipinski definition) is 6. The molecule has 28 heavy (non-hydrogen) atoms. The van der Waals surface area contributed by atoms with E-state index >= 15 is 0 Å².